The summed E-state index contributed by atoms with van der Waals surface area (Å²) in [5.41, 5.74) is 4.31. The third-order valence-electron chi connectivity index (χ3n) is 4.20. The lowest BCUT2D eigenvalue weighted by Gasteiger charge is -2.19. The number of benzene rings is 1. The third-order valence-corrected chi connectivity index (χ3v) is 4.20. The fourth-order valence-corrected chi connectivity index (χ4v) is 2.85. The Morgan fingerprint density at radius 2 is 2.28 bits per heavy atom. The van der Waals surface area contributed by atoms with Crippen LogP contribution in [0.1, 0.15) is 30.0 Å². The van der Waals surface area contributed by atoms with E-state index in [4.69, 9.17) is 4.74 Å². The number of ether oxygens (including phenoxy) is 1. The smallest absolute Gasteiger partial charge is 0.0509 e. The molecule has 1 saturated heterocycles. The quantitative estimate of drug-likeness (QED) is 0.850. The Kier molecular flexibility index (Phi) is 3.64. The van der Waals surface area contributed by atoms with Crippen molar-refractivity contribution >= 4 is 0 Å². The fraction of sp³-hybridized carbons (Fsp3) is 0.600. The predicted molar refractivity (Wildman–Crippen MR) is 72.2 cm³/mol. The van der Waals surface area contributed by atoms with Crippen molar-refractivity contribution in [1.82, 2.24) is 10.6 Å². The van der Waals surface area contributed by atoms with E-state index in [9.17, 15) is 0 Å². The van der Waals surface area contributed by atoms with Crippen LogP contribution in [0.2, 0.25) is 0 Å². The number of rotatable bonds is 4. The molecule has 2 atom stereocenters. The molecule has 3 rings (SSSR count). The Balaban J connectivity index is 1.56. The van der Waals surface area contributed by atoms with E-state index >= 15 is 0 Å². The highest BCUT2D eigenvalue weighted by Crippen LogP contribution is 2.19. The molecule has 2 N–H and O–H groups in total. The molecule has 3 nitrogen and oxygen atoms in total. The largest absolute Gasteiger partial charge is 0.381 e. The minimum Gasteiger partial charge on any atom is -0.381 e. The van der Waals surface area contributed by atoms with Crippen LogP contribution in [-0.2, 0) is 24.4 Å². The molecule has 0 amide bonds. The van der Waals surface area contributed by atoms with Gasteiger partial charge in [0.25, 0.3) is 0 Å². The van der Waals surface area contributed by atoms with Crippen LogP contribution in [0.3, 0.4) is 0 Å². The van der Waals surface area contributed by atoms with E-state index in [2.05, 4.69) is 35.8 Å². The summed E-state index contributed by atoms with van der Waals surface area (Å²) >= 11 is 0. The monoisotopic (exact) mass is 246 g/mol. The van der Waals surface area contributed by atoms with Crippen molar-refractivity contribution in [3.8, 4) is 0 Å². The lowest BCUT2D eigenvalue weighted by atomic mass is 10.00. The van der Waals surface area contributed by atoms with Gasteiger partial charge in [-0.3, -0.25) is 0 Å². The molecule has 0 spiro atoms. The summed E-state index contributed by atoms with van der Waals surface area (Å²) < 4.78 is 5.44. The van der Waals surface area contributed by atoms with Gasteiger partial charge in [-0.05, 0) is 36.0 Å². The molecule has 2 aliphatic heterocycles. The summed E-state index contributed by atoms with van der Waals surface area (Å²) in [6.07, 6.45) is 1.20. The second kappa shape index (κ2) is 5.39. The van der Waals surface area contributed by atoms with Gasteiger partial charge in [-0.25, -0.2) is 0 Å². The van der Waals surface area contributed by atoms with Crippen LogP contribution < -0.4 is 10.6 Å². The molecule has 0 aliphatic carbocycles. The highest BCUT2D eigenvalue weighted by molar-refractivity contribution is 5.34. The van der Waals surface area contributed by atoms with Crippen LogP contribution >= 0.6 is 0 Å². The van der Waals surface area contributed by atoms with Crippen molar-refractivity contribution < 1.29 is 4.74 Å². The molecular formula is C15H22N2O. The Hall–Kier alpha value is -0.900. The molecule has 2 heterocycles. The molecule has 1 aromatic carbocycles. The normalized spacial score (nSPS) is 24.2. The predicted octanol–water partition coefficient (Wildman–Crippen LogP) is 1.80. The van der Waals surface area contributed by atoms with Crippen LogP contribution in [0.5, 0.6) is 0 Å². The minimum absolute atomic E-state index is 0.541. The molecule has 0 radical (unpaired) electrons. The van der Waals surface area contributed by atoms with Crippen molar-refractivity contribution in [2.24, 2.45) is 5.92 Å². The molecule has 1 aromatic rings. The van der Waals surface area contributed by atoms with Crippen molar-refractivity contribution in [2.75, 3.05) is 13.2 Å². The third kappa shape index (κ3) is 2.58. The van der Waals surface area contributed by atoms with E-state index in [1.165, 1.54) is 23.1 Å². The van der Waals surface area contributed by atoms with Crippen LogP contribution in [0.25, 0.3) is 0 Å². The van der Waals surface area contributed by atoms with Gasteiger partial charge >= 0.3 is 0 Å². The van der Waals surface area contributed by atoms with Crippen LogP contribution in [0.15, 0.2) is 18.2 Å². The first kappa shape index (κ1) is 12.2. The summed E-state index contributed by atoms with van der Waals surface area (Å²) in [6.45, 7) is 7.14. The summed E-state index contributed by atoms with van der Waals surface area (Å²) in [7, 11) is 0. The summed E-state index contributed by atoms with van der Waals surface area (Å²) in [6, 6.07) is 7.38. The first-order chi connectivity index (χ1) is 8.83. The van der Waals surface area contributed by atoms with E-state index < -0.39 is 0 Å². The highest BCUT2D eigenvalue weighted by Gasteiger charge is 2.21. The Morgan fingerprint density at radius 3 is 3.11 bits per heavy atom. The molecule has 18 heavy (non-hydrogen) atoms. The lowest BCUT2D eigenvalue weighted by molar-refractivity contribution is 0.178. The van der Waals surface area contributed by atoms with Crippen molar-refractivity contribution in [1.29, 1.82) is 0 Å². The fourth-order valence-electron chi connectivity index (χ4n) is 2.85. The maximum atomic E-state index is 5.44. The van der Waals surface area contributed by atoms with Crippen LogP contribution in [0.4, 0.5) is 0 Å². The maximum absolute atomic E-state index is 5.44. The second-order valence-corrected chi connectivity index (χ2v) is 5.50. The van der Waals surface area contributed by atoms with Crippen LogP contribution in [-0.4, -0.2) is 19.3 Å². The molecule has 1 fully saturated rings. The van der Waals surface area contributed by atoms with E-state index in [-0.39, 0.29) is 0 Å². The SMILES string of the molecule is CC(NCc1ccc2c(c1)CNC2)C1CCOC1. The van der Waals surface area contributed by atoms with Gasteiger partial charge in [-0.1, -0.05) is 18.2 Å². The molecule has 2 aliphatic rings. The average molecular weight is 246 g/mol. The van der Waals surface area contributed by atoms with Gasteiger partial charge in [0.15, 0.2) is 0 Å². The van der Waals surface area contributed by atoms with Crippen molar-refractivity contribution in [2.45, 2.75) is 39.0 Å². The zero-order chi connectivity index (χ0) is 12.4. The van der Waals surface area contributed by atoms with E-state index in [0.29, 0.717) is 12.0 Å². The maximum Gasteiger partial charge on any atom is 0.0509 e. The van der Waals surface area contributed by atoms with Gasteiger partial charge in [0.05, 0.1) is 6.61 Å². The first-order valence-electron chi connectivity index (χ1n) is 6.95. The lowest BCUT2D eigenvalue weighted by Crippen LogP contribution is -2.33. The minimum atomic E-state index is 0.541. The summed E-state index contributed by atoms with van der Waals surface area (Å²) in [4.78, 5) is 0. The van der Waals surface area contributed by atoms with E-state index in [0.717, 1.165) is 32.8 Å². The molecule has 3 heteroatoms. The van der Waals surface area contributed by atoms with Crippen LogP contribution in [0, 0.1) is 5.92 Å². The molecule has 0 saturated carbocycles. The zero-order valence-electron chi connectivity index (χ0n) is 11.0. The van der Waals surface area contributed by atoms with Gasteiger partial charge in [0, 0.05) is 32.3 Å². The molecular weight excluding hydrogens is 224 g/mol. The Bertz CT molecular complexity index is 413. The second-order valence-electron chi connectivity index (χ2n) is 5.50. The van der Waals surface area contributed by atoms with E-state index in [1.807, 2.05) is 0 Å². The summed E-state index contributed by atoms with van der Waals surface area (Å²) in [5.74, 6) is 0.682. The van der Waals surface area contributed by atoms with Gasteiger partial charge in [-0.2, -0.15) is 0 Å². The molecule has 0 aromatic heterocycles. The standard InChI is InChI=1S/C15H22N2O/c1-11(14-4-5-18-10-14)17-7-12-2-3-13-8-16-9-15(13)6-12/h2-3,6,11,14,16-17H,4-5,7-10H2,1H3. The Morgan fingerprint density at radius 1 is 1.39 bits per heavy atom. The molecule has 0 bridgehead atoms. The van der Waals surface area contributed by atoms with Gasteiger partial charge < -0.3 is 15.4 Å². The van der Waals surface area contributed by atoms with Gasteiger partial charge in [-0.15, -0.1) is 0 Å². The number of hydrogen-bond donors (Lipinski definition) is 2. The molecule has 98 valence electrons. The van der Waals surface area contributed by atoms with Crippen molar-refractivity contribution in [3.05, 3.63) is 34.9 Å². The first-order valence-corrected chi connectivity index (χ1v) is 6.95. The highest BCUT2D eigenvalue weighted by atomic mass is 16.5. The van der Waals surface area contributed by atoms with Crippen molar-refractivity contribution in [3.63, 3.8) is 0 Å². The topological polar surface area (TPSA) is 33.3 Å². The number of nitrogens with one attached hydrogen (secondary N) is 2. The zero-order valence-corrected chi connectivity index (χ0v) is 11.0. The Labute approximate surface area is 109 Å². The van der Waals surface area contributed by atoms with Gasteiger partial charge in [0.1, 0.15) is 0 Å². The average Bonchev–Trinajstić information content (AvgIpc) is 3.05. The molecule has 2 unspecified atom stereocenters. The summed E-state index contributed by atoms with van der Waals surface area (Å²) in [5, 5.41) is 7.02. The van der Waals surface area contributed by atoms with E-state index in [1.54, 1.807) is 0 Å². The number of fused-ring (bicyclic) bond motifs is 1. The number of hydrogen-bond acceptors (Lipinski definition) is 3. The van der Waals surface area contributed by atoms with Gasteiger partial charge in [0.2, 0.25) is 0 Å².